The van der Waals surface area contributed by atoms with Crippen molar-refractivity contribution in [3.8, 4) is 5.75 Å². The molecule has 0 aliphatic heterocycles. The maximum Gasteiger partial charge on any atom is 0.273 e. The van der Waals surface area contributed by atoms with E-state index in [-0.39, 0.29) is 40.4 Å². The van der Waals surface area contributed by atoms with E-state index in [1.807, 2.05) is 24.3 Å². The van der Waals surface area contributed by atoms with Gasteiger partial charge in [-0.25, -0.2) is 8.42 Å². The Morgan fingerprint density at radius 1 is 1.17 bits per heavy atom. The topological polar surface area (TPSA) is 146 Å². The molecule has 1 aromatic heterocycles. The molecule has 2 amide bonds. The molecule has 35 heavy (non-hydrogen) atoms. The number of carbonyl (C=O) groups excluding carboxylic acids is 2. The third kappa shape index (κ3) is 7.02. The number of carbonyl (C=O) groups is 2. The van der Waals surface area contributed by atoms with E-state index in [4.69, 9.17) is 8.85 Å². The van der Waals surface area contributed by atoms with Crippen LogP contribution in [0.5, 0.6) is 5.75 Å². The summed E-state index contributed by atoms with van der Waals surface area (Å²) in [5.74, 6) is -0.963. The molecule has 0 atom stereocenters. The molecule has 1 heterocycles. The Labute approximate surface area is 209 Å². The van der Waals surface area contributed by atoms with Gasteiger partial charge < -0.3 is 25.6 Å². The number of sulfonamides is 1. The lowest BCUT2D eigenvalue weighted by atomic mass is 10.2. The second-order valence-electron chi connectivity index (χ2n) is 8.40. The second-order valence-corrected chi connectivity index (χ2v) is 10.4. The fraction of sp³-hybridized carbons (Fsp3) is 0.455. The van der Waals surface area contributed by atoms with Crippen molar-refractivity contribution in [1.29, 1.82) is 0 Å². The fourth-order valence-corrected chi connectivity index (χ4v) is 3.49. The normalized spacial score (nSPS) is 14.9. The van der Waals surface area contributed by atoms with Crippen molar-refractivity contribution in [2.75, 3.05) is 62.5 Å². The van der Waals surface area contributed by atoms with Gasteiger partial charge in [0.15, 0.2) is 11.5 Å². The monoisotopic (exact) mass is 508 g/mol. The summed E-state index contributed by atoms with van der Waals surface area (Å²) >= 11 is 0. The highest BCUT2D eigenvalue weighted by atomic mass is 32.2. The van der Waals surface area contributed by atoms with Crippen molar-refractivity contribution in [3.63, 3.8) is 0 Å². The molecular weight excluding hydrogens is 474 g/mol. The number of likely N-dealkylation sites (N-methyl/N-ethyl adjacent to an activating group) is 1. The highest BCUT2D eigenvalue weighted by molar-refractivity contribution is 7.92. The standard InChI is InChI=1S/C22H31N7O5S/c1-23-22(31)20-17(13-19(26-27-20)25-21(30)14-6-7-14)24-16-9-8-15(34-11-10-28(2)3)12-18(16)29(4)35(5,32)33/h8-9,12-14H,6-7,10-11H2,1-5H3,(H,23,31)(H2,24,25,26,30)/i1D3. The summed E-state index contributed by atoms with van der Waals surface area (Å²) in [6.07, 6.45) is 2.55. The Bertz CT molecular complexity index is 1300. The van der Waals surface area contributed by atoms with Gasteiger partial charge in [0.1, 0.15) is 12.4 Å². The van der Waals surface area contributed by atoms with E-state index in [1.54, 1.807) is 12.1 Å². The summed E-state index contributed by atoms with van der Waals surface area (Å²) in [4.78, 5) is 26.9. The van der Waals surface area contributed by atoms with E-state index in [9.17, 15) is 18.0 Å². The number of aromatic nitrogens is 2. The van der Waals surface area contributed by atoms with E-state index in [0.717, 1.165) is 23.4 Å². The van der Waals surface area contributed by atoms with Crippen LogP contribution in [0.2, 0.25) is 0 Å². The van der Waals surface area contributed by atoms with Gasteiger partial charge in [-0.2, -0.15) is 0 Å². The van der Waals surface area contributed by atoms with Crippen LogP contribution in [0.25, 0.3) is 0 Å². The van der Waals surface area contributed by atoms with Gasteiger partial charge in [0, 0.05) is 42.7 Å². The van der Waals surface area contributed by atoms with Gasteiger partial charge in [0.05, 0.1) is 23.3 Å². The number of rotatable bonds is 11. The van der Waals surface area contributed by atoms with Crippen LogP contribution >= 0.6 is 0 Å². The lowest BCUT2D eigenvalue weighted by Gasteiger charge is -2.23. The predicted octanol–water partition coefficient (Wildman–Crippen LogP) is 1.26. The quantitative estimate of drug-likeness (QED) is 0.408. The lowest BCUT2D eigenvalue weighted by molar-refractivity contribution is -0.117. The zero-order valence-electron chi connectivity index (χ0n) is 23.0. The molecule has 3 rings (SSSR count). The maximum atomic E-state index is 12.7. The molecule has 0 unspecified atom stereocenters. The smallest absolute Gasteiger partial charge is 0.273 e. The van der Waals surface area contributed by atoms with Crippen molar-refractivity contribution in [3.05, 3.63) is 30.0 Å². The van der Waals surface area contributed by atoms with Crippen LogP contribution in [0.3, 0.4) is 0 Å². The molecule has 3 N–H and O–H groups in total. The van der Waals surface area contributed by atoms with Gasteiger partial charge in [-0.05, 0) is 39.1 Å². The van der Waals surface area contributed by atoms with Crippen LogP contribution < -0.4 is 25.0 Å². The number of benzene rings is 1. The first-order valence-electron chi connectivity index (χ1n) is 12.3. The molecule has 190 valence electrons. The van der Waals surface area contributed by atoms with Crippen molar-refractivity contribution >= 4 is 44.7 Å². The van der Waals surface area contributed by atoms with Crippen molar-refractivity contribution < 1.29 is 26.9 Å². The zero-order chi connectivity index (χ0) is 28.3. The van der Waals surface area contributed by atoms with Gasteiger partial charge in [-0.15, -0.1) is 10.2 Å². The first kappa shape index (κ1) is 22.0. The molecule has 1 fully saturated rings. The summed E-state index contributed by atoms with van der Waals surface area (Å²) < 4.78 is 53.6. The summed E-state index contributed by atoms with van der Waals surface area (Å²) in [7, 11) is 1.43. The molecule has 0 spiro atoms. The third-order valence-corrected chi connectivity index (χ3v) is 6.40. The SMILES string of the molecule is [2H]C([2H])([2H])NC(=O)c1nnc(NC(=O)C2CC2)cc1Nc1ccc(OCCN(C)C)cc1N(C)S(C)(=O)=O. The average molecular weight is 509 g/mol. The number of nitrogens with zero attached hydrogens (tertiary/aromatic N) is 4. The molecule has 2 aromatic rings. The Balaban J connectivity index is 2.01. The van der Waals surface area contributed by atoms with Crippen LogP contribution in [0.15, 0.2) is 24.3 Å². The van der Waals surface area contributed by atoms with Gasteiger partial charge in [0.25, 0.3) is 5.91 Å². The molecule has 0 saturated heterocycles. The molecule has 12 nitrogen and oxygen atoms in total. The summed E-state index contributed by atoms with van der Waals surface area (Å²) in [5, 5.41) is 15.1. The third-order valence-electron chi connectivity index (χ3n) is 5.20. The number of amides is 2. The Morgan fingerprint density at radius 3 is 2.54 bits per heavy atom. The Hall–Kier alpha value is -3.45. The van der Waals surface area contributed by atoms with E-state index in [1.165, 1.54) is 19.2 Å². The van der Waals surface area contributed by atoms with E-state index in [2.05, 4.69) is 20.8 Å². The molecule has 0 bridgehead atoms. The van der Waals surface area contributed by atoms with Gasteiger partial charge in [-0.3, -0.25) is 13.9 Å². The minimum Gasteiger partial charge on any atom is -0.492 e. The number of hydrogen-bond acceptors (Lipinski definition) is 9. The first-order valence-corrected chi connectivity index (χ1v) is 12.6. The molecule has 1 saturated carbocycles. The highest BCUT2D eigenvalue weighted by Crippen LogP contribution is 2.35. The Morgan fingerprint density at radius 2 is 1.91 bits per heavy atom. The van der Waals surface area contributed by atoms with Crippen molar-refractivity contribution in [2.45, 2.75) is 12.8 Å². The number of anilines is 4. The van der Waals surface area contributed by atoms with Crippen LogP contribution in [0.1, 0.15) is 27.4 Å². The highest BCUT2D eigenvalue weighted by Gasteiger charge is 2.30. The van der Waals surface area contributed by atoms with Crippen LogP contribution in [-0.4, -0.2) is 82.9 Å². The minimum absolute atomic E-state index is 0.00252. The summed E-state index contributed by atoms with van der Waals surface area (Å²) in [6.45, 7) is -1.79. The van der Waals surface area contributed by atoms with Crippen LogP contribution in [0.4, 0.5) is 22.9 Å². The fourth-order valence-electron chi connectivity index (χ4n) is 2.99. The van der Waals surface area contributed by atoms with E-state index in [0.29, 0.717) is 18.9 Å². The van der Waals surface area contributed by atoms with Gasteiger partial charge >= 0.3 is 0 Å². The molecule has 1 aromatic carbocycles. The summed E-state index contributed by atoms with van der Waals surface area (Å²) in [6, 6.07) is 6.01. The largest absolute Gasteiger partial charge is 0.492 e. The predicted molar refractivity (Wildman–Crippen MR) is 134 cm³/mol. The van der Waals surface area contributed by atoms with Crippen molar-refractivity contribution in [1.82, 2.24) is 20.4 Å². The average Bonchev–Trinajstić information content (AvgIpc) is 3.63. The number of hydrogen-bond donors (Lipinski definition) is 3. The minimum atomic E-state index is -3.71. The number of nitrogens with one attached hydrogen (secondary N) is 3. The number of ether oxygens (including phenoxy) is 1. The molecule has 1 aliphatic rings. The van der Waals surface area contributed by atoms with Crippen molar-refractivity contribution in [2.24, 2.45) is 5.92 Å². The molecular formula is C22H31N7O5S. The lowest BCUT2D eigenvalue weighted by Crippen LogP contribution is -2.26. The zero-order valence-corrected chi connectivity index (χ0v) is 20.8. The van der Waals surface area contributed by atoms with Crippen LogP contribution in [-0.2, 0) is 14.8 Å². The van der Waals surface area contributed by atoms with E-state index >= 15 is 0 Å². The molecule has 1 aliphatic carbocycles. The summed E-state index contributed by atoms with van der Waals surface area (Å²) in [5.41, 5.74) is 0.0628. The Kier molecular flexibility index (Phi) is 6.84. The molecule has 13 heteroatoms. The van der Waals surface area contributed by atoms with E-state index < -0.39 is 22.9 Å². The molecule has 0 radical (unpaired) electrons. The van der Waals surface area contributed by atoms with Gasteiger partial charge in [0.2, 0.25) is 15.9 Å². The van der Waals surface area contributed by atoms with Gasteiger partial charge in [-0.1, -0.05) is 0 Å². The second kappa shape index (κ2) is 10.9. The first-order chi connectivity index (χ1) is 17.6. The van der Waals surface area contributed by atoms with Crippen LogP contribution in [0, 0.1) is 5.92 Å². The maximum absolute atomic E-state index is 12.7.